The molecule has 1 aromatic carbocycles. The molecule has 2 amide bonds. The van der Waals surface area contributed by atoms with Gasteiger partial charge in [-0.1, -0.05) is 41.5 Å². The largest absolute Gasteiger partial charge is 0.284 e. The van der Waals surface area contributed by atoms with E-state index in [-0.39, 0.29) is 21.8 Å². The van der Waals surface area contributed by atoms with Crippen LogP contribution in [0.2, 0.25) is 10.0 Å². The molecule has 0 atom stereocenters. The number of halogens is 2. The van der Waals surface area contributed by atoms with Gasteiger partial charge in [-0.25, -0.2) is 14.3 Å². The summed E-state index contributed by atoms with van der Waals surface area (Å²) >= 11 is 13.0. The van der Waals surface area contributed by atoms with E-state index in [9.17, 15) is 14.4 Å². The lowest BCUT2D eigenvalue weighted by Gasteiger charge is -2.14. The minimum atomic E-state index is -0.599. The second-order valence-corrected chi connectivity index (χ2v) is 7.26. The van der Waals surface area contributed by atoms with E-state index in [0.717, 1.165) is 16.2 Å². The van der Waals surface area contributed by atoms with Gasteiger partial charge in [-0.3, -0.25) is 14.4 Å². The molecule has 2 aromatic heterocycles. The number of amides is 2. The number of imide groups is 1. The third kappa shape index (κ3) is 2.38. The summed E-state index contributed by atoms with van der Waals surface area (Å²) in [6.07, 6.45) is 0.587. The van der Waals surface area contributed by atoms with Gasteiger partial charge in [-0.2, -0.15) is 0 Å². The van der Waals surface area contributed by atoms with Crippen LogP contribution in [0.4, 0.5) is 5.69 Å². The topological polar surface area (TPSA) is 71.8 Å². The van der Waals surface area contributed by atoms with Gasteiger partial charge in [0.2, 0.25) is 0 Å². The Morgan fingerprint density at radius 3 is 2.36 bits per heavy atom. The molecule has 0 bridgehead atoms. The molecule has 4 rings (SSSR count). The van der Waals surface area contributed by atoms with Crippen molar-refractivity contribution < 1.29 is 9.59 Å². The predicted molar refractivity (Wildman–Crippen MR) is 96.3 cm³/mol. The highest BCUT2D eigenvalue weighted by molar-refractivity contribution is 7.19. The van der Waals surface area contributed by atoms with Crippen LogP contribution in [0.3, 0.4) is 0 Å². The second kappa shape index (κ2) is 5.66. The number of carbonyl (C=O) groups excluding carboxylic acids is 2. The van der Waals surface area contributed by atoms with Gasteiger partial charge in [0, 0.05) is 21.8 Å². The predicted octanol–water partition coefficient (Wildman–Crippen LogP) is 3.43. The number of carbonyl (C=O) groups is 2. The molecular formula is C16H9Cl2N3O3S. The maximum Gasteiger partial charge on any atom is 0.284 e. The van der Waals surface area contributed by atoms with Crippen molar-refractivity contribution in [1.82, 2.24) is 9.38 Å². The lowest BCUT2D eigenvalue weighted by molar-refractivity contribution is 0.0925. The minimum Gasteiger partial charge on any atom is -0.269 e. The van der Waals surface area contributed by atoms with Gasteiger partial charge < -0.3 is 0 Å². The number of nitrogens with zero attached hydrogens (tertiary/aromatic N) is 3. The molecule has 6 nitrogen and oxygen atoms in total. The molecule has 0 unspecified atom stereocenters. The molecule has 3 heterocycles. The van der Waals surface area contributed by atoms with E-state index < -0.39 is 11.8 Å². The molecule has 1 aliphatic heterocycles. The van der Waals surface area contributed by atoms with Crippen LogP contribution in [-0.4, -0.2) is 21.2 Å². The molecular weight excluding hydrogens is 385 g/mol. The summed E-state index contributed by atoms with van der Waals surface area (Å²) in [4.78, 5) is 43.8. The van der Waals surface area contributed by atoms with Crippen LogP contribution in [0.25, 0.3) is 4.96 Å². The molecule has 0 radical (unpaired) electrons. The highest BCUT2D eigenvalue weighted by Gasteiger charge is 2.41. The van der Waals surface area contributed by atoms with E-state index in [1.54, 1.807) is 0 Å². The Labute approximate surface area is 155 Å². The van der Waals surface area contributed by atoms with Crippen molar-refractivity contribution in [2.75, 3.05) is 4.90 Å². The van der Waals surface area contributed by atoms with Crippen molar-refractivity contribution in [3.8, 4) is 0 Å². The molecule has 25 heavy (non-hydrogen) atoms. The lowest BCUT2D eigenvalue weighted by atomic mass is 10.3. The van der Waals surface area contributed by atoms with Crippen LogP contribution in [0.15, 0.2) is 29.1 Å². The zero-order chi connectivity index (χ0) is 17.9. The number of anilines is 1. The second-order valence-electron chi connectivity index (χ2n) is 5.41. The first-order valence-corrected chi connectivity index (χ1v) is 8.88. The summed E-state index contributed by atoms with van der Waals surface area (Å²) in [5, 5.41) is 0.601. The van der Waals surface area contributed by atoms with Crippen molar-refractivity contribution in [2.24, 2.45) is 0 Å². The van der Waals surface area contributed by atoms with Gasteiger partial charge in [0.1, 0.15) is 10.6 Å². The Morgan fingerprint density at radius 1 is 1.04 bits per heavy atom. The molecule has 0 N–H and O–H groups in total. The van der Waals surface area contributed by atoms with Gasteiger partial charge in [0.15, 0.2) is 4.96 Å². The fourth-order valence-electron chi connectivity index (χ4n) is 2.74. The smallest absolute Gasteiger partial charge is 0.269 e. The lowest BCUT2D eigenvalue weighted by Crippen LogP contribution is -2.31. The Balaban J connectivity index is 1.93. The number of aromatic nitrogens is 2. The van der Waals surface area contributed by atoms with Gasteiger partial charge in [0.05, 0.1) is 5.69 Å². The third-order valence-electron chi connectivity index (χ3n) is 3.84. The van der Waals surface area contributed by atoms with E-state index in [1.807, 2.05) is 6.92 Å². The van der Waals surface area contributed by atoms with Crippen LogP contribution in [0.1, 0.15) is 32.8 Å². The molecule has 0 fully saturated rings. The van der Waals surface area contributed by atoms with E-state index in [2.05, 4.69) is 4.98 Å². The van der Waals surface area contributed by atoms with Crippen LogP contribution in [0.5, 0.6) is 0 Å². The van der Waals surface area contributed by atoms with Gasteiger partial charge in [0.25, 0.3) is 17.4 Å². The SMILES string of the molecule is CCc1cc(=O)n2c3c(sc2n1)C(=O)N(c1cc(Cl)cc(Cl)c1)C3=O. The zero-order valence-electron chi connectivity index (χ0n) is 12.7. The van der Waals surface area contributed by atoms with Crippen molar-refractivity contribution in [3.05, 3.63) is 60.9 Å². The van der Waals surface area contributed by atoms with Crippen molar-refractivity contribution in [3.63, 3.8) is 0 Å². The average Bonchev–Trinajstić information content (AvgIpc) is 3.03. The van der Waals surface area contributed by atoms with Crippen LogP contribution < -0.4 is 10.5 Å². The number of fused-ring (bicyclic) bond motifs is 3. The summed E-state index contributed by atoms with van der Waals surface area (Å²) in [5.74, 6) is -1.12. The highest BCUT2D eigenvalue weighted by atomic mass is 35.5. The van der Waals surface area contributed by atoms with Gasteiger partial charge >= 0.3 is 0 Å². The van der Waals surface area contributed by atoms with Gasteiger partial charge in [-0.05, 0) is 24.6 Å². The number of hydrogen-bond donors (Lipinski definition) is 0. The number of aryl methyl sites for hydroxylation is 1. The zero-order valence-corrected chi connectivity index (χ0v) is 15.1. The fraction of sp³-hybridized carbons (Fsp3) is 0.125. The molecule has 0 saturated carbocycles. The van der Waals surface area contributed by atoms with Crippen LogP contribution >= 0.6 is 34.5 Å². The van der Waals surface area contributed by atoms with Crippen molar-refractivity contribution >= 4 is 57.0 Å². The molecule has 0 spiro atoms. The Kier molecular flexibility index (Phi) is 3.68. The van der Waals surface area contributed by atoms with Crippen molar-refractivity contribution in [1.29, 1.82) is 0 Å². The number of thiazole rings is 1. The minimum absolute atomic E-state index is 0.0289. The van der Waals surface area contributed by atoms with E-state index in [0.29, 0.717) is 27.1 Å². The number of benzene rings is 1. The first-order valence-electron chi connectivity index (χ1n) is 7.31. The van der Waals surface area contributed by atoms with Crippen LogP contribution in [0, 0.1) is 0 Å². The first-order chi connectivity index (χ1) is 11.9. The standard InChI is InChI=1S/C16H9Cl2N3O3S/c1-2-9-6-11(22)21-12-13(25-16(21)19-9)15(24)20(14(12)23)10-4-7(17)3-8(18)5-10/h3-6H,2H2,1H3. The monoisotopic (exact) mass is 393 g/mol. The summed E-state index contributed by atoms with van der Waals surface area (Å²) < 4.78 is 1.19. The molecule has 3 aromatic rings. The Bertz CT molecular complexity index is 1120. The Hall–Kier alpha value is -2.22. The first kappa shape index (κ1) is 16.3. The number of hydrogen-bond acceptors (Lipinski definition) is 5. The normalized spacial score (nSPS) is 13.8. The van der Waals surface area contributed by atoms with Gasteiger partial charge in [-0.15, -0.1) is 0 Å². The third-order valence-corrected chi connectivity index (χ3v) is 5.31. The molecule has 9 heteroatoms. The van der Waals surface area contributed by atoms with Crippen molar-refractivity contribution in [2.45, 2.75) is 13.3 Å². The van der Waals surface area contributed by atoms with Crippen LogP contribution in [-0.2, 0) is 6.42 Å². The summed E-state index contributed by atoms with van der Waals surface area (Å²) in [7, 11) is 0. The number of rotatable bonds is 2. The molecule has 0 saturated heterocycles. The van der Waals surface area contributed by atoms with E-state index in [1.165, 1.54) is 28.7 Å². The summed E-state index contributed by atoms with van der Waals surface area (Å²) in [6.45, 7) is 1.88. The van der Waals surface area contributed by atoms with E-state index in [4.69, 9.17) is 23.2 Å². The molecule has 1 aliphatic rings. The summed E-state index contributed by atoms with van der Waals surface area (Å²) in [6, 6.07) is 5.82. The average molecular weight is 394 g/mol. The maximum atomic E-state index is 12.9. The fourth-order valence-corrected chi connectivity index (χ4v) is 4.33. The Morgan fingerprint density at radius 2 is 1.72 bits per heavy atom. The highest BCUT2D eigenvalue weighted by Crippen LogP contribution is 2.35. The molecule has 0 aliphatic carbocycles. The molecule has 126 valence electrons. The van der Waals surface area contributed by atoms with E-state index >= 15 is 0 Å². The maximum absolute atomic E-state index is 12.9. The summed E-state index contributed by atoms with van der Waals surface area (Å²) in [5.41, 5.74) is 0.520. The quantitative estimate of drug-likeness (QED) is 0.625.